The zero-order valence-electron chi connectivity index (χ0n) is 11.0. The molecule has 1 aromatic heterocycles. The van der Waals surface area contributed by atoms with Crippen LogP contribution in [0.2, 0.25) is 0 Å². The number of halogens is 3. The van der Waals surface area contributed by atoms with E-state index in [4.69, 9.17) is 0 Å². The minimum atomic E-state index is -4.42. The van der Waals surface area contributed by atoms with Crippen molar-refractivity contribution in [2.24, 2.45) is 0 Å². The summed E-state index contributed by atoms with van der Waals surface area (Å²) in [5, 5.41) is -0.325. The van der Waals surface area contributed by atoms with E-state index in [0.717, 1.165) is 23.9 Å². The molecule has 0 spiro atoms. The Labute approximate surface area is 126 Å². The van der Waals surface area contributed by atoms with Crippen molar-refractivity contribution < 1.29 is 18.0 Å². The third-order valence-corrected chi connectivity index (χ3v) is 4.13. The van der Waals surface area contributed by atoms with Crippen LogP contribution in [0.3, 0.4) is 0 Å². The van der Waals surface area contributed by atoms with E-state index in [9.17, 15) is 22.8 Å². The number of H-pyrrole nitrogens is 1. The first-order valence-electron chi connectivity index (χ1n) is 6.34. The third-order valence-electron chi connectivity index (χ3n) is 3.26. The van der Waals surface area contributed by atoms with Crippen LogP contribution in [0, 0.1) is 0 Å². The second kappa shape index (κ2) is 5.28. The minimum absolute atomic E-state index is 0.0342. The molecule has 0 atom stereocenters. The van der Waals surface area contributed by atoms with Crippen molar-refractivity contribution in [1.29, 1.82) is 0 Å². The molecule has 0 saturated carbocycles. The SMILES string of the molecule is O=C1SCCc2nc(-c3ccc(C(F)(F)F)cc3)[nH]c(=O)c21. The Morgan fingerprint density at radius 1 is 1.14 bits per heavy atom. The van der Waals surface area contributed by atoms with Gasteiger partial charge in [0.25, 0.3) is 5.56 Å². The van der Waals surface area contributed by atoms with E-state index >= 15 is 0 Å². The number of aromatic nitrogens is 2. The van der Waals surface area contributed by atoms with E-state index in [1.54, 1.807) is 0 Å². The molecule has 0 bridgehead atoms. The van der Waals surface area contributed by atoms with E-state index in [1.807, 2.05) is 0 Å². The van der Waals surface area contributed by atoms with Gasteiger partial charge in [-0.15, -0.1) is 0 Å². The molecule has 0 radical (unpaired) electrons. The van der Waals surface area contributed by atoms with Gasteiger partial charge in [0.1, 0.15) is 11.4 Å². The number of thioether (sulfide) groups is 1. The Balaban J connectivity index is 2.04. The van der Waals surface area contributed by atoms with Gasteiger partial charge < -0.3 is 4.98 Å². The fraction of sp³-hybridized carbons (Fsp3) is 0.214. The standard InChI is InChI=1S/C14H9F3N2O2S/c15-14(16,17)8-3-1-7(2-4-8)11-18-9-5-6-22-13(21)10(9)12(20)19-11/h1-4H,5-6H2,(H,18,19,20). The molecule has 114 valence electrons. The van der Waals surface area contributed by atoms with Crippen molar-refractivity contribution in [3.8, 4) is 11.4 Å². The summed E-state index contributed by atoms with van der Waals surface area (Å²) in [6.07, 6.45) is -3.94. The molecular weight excluding hydrogens is 317 g/mol. The zero-order valence-corrected chi connectivity index (χ0v) is 11.8. The van der Waals surface area contributed by atoms with E-state index in [2.05, 4.69) is 9.97 Å². The lowest BCUT2D eigenvalue weighted by Gasteiger charge is -2.13. The van der Waals surface area contributed by atoms with Crippen LogP contribution in [0.25, 0.3) is 11.4 Å². The number of rotatable bonds is 1. The zero-order chi connectivity index (χ0) is 15.9. The predicted molar refractivity (Wildman–Crippen MR) is 75.8 cm³/mol. The summed E-state index contributed by atoms with van der Waals surface area (Å²) in [6, 6.07) is 4.34. The highest BCUT2D eigenvalue weighted by Gasteiger charge is 2.30. The van der Waals surface area contributed by atoms with Gasteiger partial charge in [-0.3, -0.25) is 9.59 Å². The quantitative estimate of drug-likeness (QED) is 0.875. The first-order valence-corrected chi connectivity index (χ1v) is 7.33. The van der Waals surface area contributed by atoms with Crippen molar-refractivity contribution in [2.75, 3.05) is 5.75 Å². The van der Waals surface area contributed by atoms with Crippen LogP contribution < -0.4 is 5.56 Å². The molecule has 0 aliphatic carbocycles. The van der Waals surface area contributed by atoms with Crippen LogP contribution in [-0.4, -0.2) is 20.8 Å². The molecule has 22 heavy (non-hydrogen) atoms. The second-order valence-corrected chi connectivity index (χ2v) is 5.76. The molecule has 1 aromatic carbocycles. The Bertz CT molecular complexity index is 797. The van der Waals surface area contributed by atoms with Crippen LogP contribution in [0.1, 0.15) is 21.6 Å². The Morgan fingerprint density at radius 3 is 2.45 bits per heavy atom. The number of alkyl halides is 3. The van der Waals surface area contributed by atoms with Crippen LogP contribution in [0.15, 0.2) is 29.1 Å². The topological polar surface area (TPSA) is 62.8 Å². The molecule has 2 aromatic rings. The Morgan fingerprint density at radius 2 is 1.82 bits per heavy atom. The van der Waals surface area contributed by atoms with Gasteiger partial charge in [0.15, 0.2) is 0 Å². The molecule has 4 nitrogen and oxygen atoms in total. The smallest absolute Gasteiger partial charge is 0.306 e. The van der Waals surface area contributed by atoms with Crippen molar-refractivity contribution in [1.82, 2.24) is 9.97 Å². The summed E-state index contributed by atoms with van der Waals surface area (Å²) in [5.74, 6) is 0.700. The molecule has 0 fully saturated rings. The van der Waals surface area contributed by atoms with Gasteiger partial charge in [-0.25, -0.2) is 4.98 Å². The predicted octanol–water partition coefficient (Wildman–Crippen LogP) is 2.89. The van der Waals surface area contributed by atoms with Crippen molar-refractivity contribution in [3.63, 3.8) is 0 Å². The van der Waals surface area contributed by atoms with Crippen molar-refractivity contribution in [3.05, 3.63) is 51.4 Å². The molecule has 1 aliphatic heterocycles. The number of aryl methyl sites for hydroxylation is 1. The number of hydrogen-bond donors (Lipinski definition) is 1. The summed E-state index contributed by atoms with van der Waals surface area (Å²) in [5.41, 5.74) is -0.548. The highest BCUT2D eigenvalue weighted by atomic mass is 32.2. The molecule has 0 amide bonds. The average Bonchev–Trinajstić information content (AvgIpc) is 2.46. The number of carbonyl (C=O) groups is 1. The normalized spacial score (nSPS) is 14.8. The van der Waals surface area contributed by atoms with Gasteiger partial charge in [0, 0.05) is 17.7 Å². The number of fused-ring (bicyclic) bond motifs is 1. The highest BCUT2D eigenvalue weighted by Crippen LogP contribution is 2.30. The number of benzene rings is 1. The number of aromatic amines is 1. The van der Waals surface area contributed by atoms with E-state index in [1.165, 1.54) is 12.1 Å². The van der Waals surface area contributed by atoms with Gasteiger partial charge >= 0.3 is 6.18 Å². The molecule has 0 unspecified atom stereocenters. The van der Waals surface area contributed by atoms with Crippen LogP contribution in [0.4, 0.5) is 13.2 Å². The largest absolute Gasteiger partial charge is 0.416 e. The summed E-state index contributed by atoms with van der Waals surface area (Å²) < 4.78 is 37.6. The minimum Gasteiger partial charge on any atom is -0.306 e. The van der Waals surface area contributed by atoms with Crippen LogP contribution in [0.5, 0.6) is 0 Å². The summed E-state index contributed by atoms with van der Waals surface area (Å²) in [4.78, 5) is 30.3. The molecule has 8 heteroatoms. The first kappa shape index (κ1) is 14.8. The lowest BCUT2D eigenvalue weighted by Crippen LogP contribution is -2.25. The maximum absolute atomic E-state index is 12.5. The average molecular weight is 326 g/mol. The van der Waals surface area contributed by atoms with Gasteiger partial charge in [0.2, 0.25) is 5.12 Å². The number of nitrogens with one attached hydrogen (secondary N) is 1. The molecule has 3 rings (SSSR count). The first-order chi connectivity index (χ1) is 10.4. The van der Waals surface area contributed by atoms with E-state index < -0.39 is 17.3 Å². The van der Waals surface area contributed by atoms with Gasteiger partial charge in [-0.2, -0.15) is 13.2 Å². The van der Waals surface area contributed by atoms with Gasteiger partial charge in [-0.05, 0) is 12.1 Å². The molecular formula is C14H9F3N2O2S. The molecule has 0 saturated heterocycles. The number of carbonyl (C=O) groups excluding carboxylic acids is 1. The van der Waals surface area contributed by atoms with Crippen molar-refractivity contribution >= 4 is 16.9 Å². The van der Waals surface area contributed by atoms with Gasteiger partial charge in [-0.1, -0.05) is 23.9 Å². The van der Waals surface area contributed by atoms with Gasteiger partial charge in [0.05, 0.1) is 11.3 Å². The van der Waals surface area contributed by atoms with Crippen LogP contribution in [-0.2, 0) is 12.6 Å². The van der Waals surface area contributed by atoms with Crippen molar-refractivity contribution in [2.45, 2.75) is 12.6 Å². The number of nitrogens with zero attached hydrogens (tertiary/aromatic N) is 1. The van der Waals surface area contributed by atoms with Crippen LogP contribution >= 0.6 is 11.8 Å². The second-order valence-electron chi connectivity index (χ2n) is 4.70. The van der Waals surface area contributed by atoms with E-state index in [-0.39, 0.29) is 16.5 Å². The highest BCUT2D eigenvalue weighted by molar-refractivity contribution is 8.14. The summed E-state index contributed by atoms with van der Waals surface area (Å²) >= 11 is 1.06. The maximum Gasteiger partial charge on any atom is 0.416 e. The maximum atomic E-state index is 12.5. The Kier molecular flexibility index (Phi) is 3.56. The van der Waals surface area contributed by atoms with E-state index in [0.29, 0.717) is 23.4 Å². The fourth-order valence-electron chi connectivity index (χ4n) is 2.18. The third kappa shape index (κ3) is 2.66. The molecule has 2 heterocycles. The molecule has 1 N–H and O–H groups in total. The lowest BCUT2D eigenvalue weighted by atomic mass is 10.1. The number of hydrogen-bond acceptors (Lipinski definition) is 4. The summed E-state index contributed by atoms with van der Waals surface area (Å²) in [7, 11) is 0. The Hall–Kier alpha value is -2.09. The monoisotopic (exact) mass is 326 g/mol. The fourth-order valence-corrected chi connectivity index (χ4v) is 3.01. The lowest BCUT2D eigenvalue weighted by molar-refractivity contribution is -0.137. The summed E-state index contributed by atoms with van der Waals surface area (Å²) in [6.45, 7) is 0. The molecule has 1 aliphatic rings.